The van der Waals surface area contributed by atoms with Gasteiger partial charge in [0.15, 0.2) is 8.46 Å². The van der Waals surface area contributed by atoms with Crippen LogP contribution < -0.4 is 15.1 Å². The van der Waals surface area contributed by atoms with Gasteiger partial charge in [0.1, 0.15) is 0 Å². The number of rotatable bonds is 13. The maximum Gasteiger partial charge on any atom is 0.192 e. The Balaban J connectivity index is 1.19. The Morgan fingerprint density at radius 3 is 1.53 bits per heavy atom. The van der Waals surface area contributed by atoms with Crippen LogP contribution in [0.25, 0.3) is 22.3 Å². The molecule has 4 fully saturated rings. The highest BCUT2D eigenvalue weighted by Gasteiger charge is 2.32. The molecule has 3 aromatic carbocycles. The Hall–Kier alpha value is -2.80. The van der Waals surface area contributed by atoms with Crippen LogP contribution in [0.3, 0.4) is 0 Å². The SMILES string of the molecule is O=Pc1ccc(-c2cccc(N(CC3CO3)CC3CO3)c2)cc1-c1cccc(N(CC2CO2)CC2CO2)c1. The van der Waals surface area contributed by atoms with Gasteiger partial charge < -0.3 is 28.7 Å². The Kier molecular flexibility index (Phi) is 6.64. The molecule has 4 aliphatic rings. The number of ether oxygens (including phenoxy) is 4. The van der Waals surface area contributed by atoms with E-state index in [0.29, 0.717) is 24.4 Å². The molecule has 4 unspecified atom stereocenters. The molecule has 4 atom stereocenters. The number of hydrogen-bond acceptors (Lipinski definition) is 7. The fourth-order valence-corrected chi connectivity index (χ4v) is 5.45. The summed E-state index contributed by atoms with van der Waals surface area (Å²) in [6.45, 7) is 6.78. The highest BCUT2D eigenvalue weighted by Crippen LogP contribution is 2.33. The summed E-state index contributed by atoms with van der Waals surface area (Å²) in [7, 11) is 0.00992. The summed E-state index contributed by atoms with van der Waals surface area (Å²) in [6.07, 6.45) is 1.20. The maximum absolute atomic E-state index is 12.2. The van der Waals surface area contributed by atoms with Crippen molar-refractivity contribution in [2.24, 2.45) is 0 Å². The molecule has 0 aliphatic carbocycles. The smallest absolute Gasteiger partial charge is 0.192 e. The van der Waals surface area contributed by atoms with Crippen molar-refractivity contribution in [1.29, 1.82) is 0 Å². The second-order valence-electron chi connectivity index (χ2n) is 10.6. The van der Waals surface area contributed by atoms with Crippen LogP contribution in [-0.4, -0.2) is 77.0 Å². The lowest BCUT2D eigenvalue weighted by molar-refractivity contribution is 0.388. The molecule has 7 nitrogen and oxygen atoms in total. The van der Waals surface area contributed by atoms with Gasteiger partial charge in [0, 0.05) is 37.6 Å². The Labute approximate surface area is 224 Å². The summed E-state index contributed by atoms with van der Waals surface area (Å²) in [5.41, 5.74) is 6.56. The highest BCUT2D eigenvalue weighted by molar-refractivity contribution is 7.34. The van der Waals surface area contributed by atoms with Crippen LogP contribution in [0.2, 0.25) is 0 Å². The van der Waals surface area contributed by atoms with Crippen molar-refractivity contribution in [3.8, 4) is 22.3 Å². The number of benzene rings is 3. The van der Waals surface area contributed by atoms with Crippen LogP contribution in [0.15, 0.2) is 66.7 Å². The third-order valence-corrected chi connectivity index (χ3v) is 8.05. The normalized spacial score (nSPS) is 24.7. The predicted molar refractivity (Wildman–Crippen MR) is 148 cm³/mol. The fourth-order valence-electron chi connectivity index (χ4n) is 5.03. The molecule has 3 aromatic rings. The largest absolute Gasteiger partial charge is 0.371 e. The molecule has 4 aliphatic heterocycles. The molecular weight excluding hydrogens is 499 g/mol. The molecule has 7 rings (SSSR count). The van der Waals surface area contributed by atoms with Crippen molar-refractivity contribution >= 4 is 25.1 Å². The number of hydrogen-bond donors (Lipinski definition) is 0. The molecule has 0 aromatic heterocycles. The molecule has 0 saturated carbocycles. The second-order valence-corrected chi connectivity index (χ2v) is 11.2. The van der Waals surface area contributed by atoms with Gasteiger partial charge in [-0.3, -0.25) is 4.57 Å². The van der Waals surface area contributed by atoms with Gasteiger partial charge in [0.25, 0.3) is 0 Å². The van der Waals surface area contributed by atoms with Gasteiger partial charge >= 0.3 is 0 Å². The van der Waals surface area contributed by atoms with Crippen LogP contribution in [0, 0.1) is 0 Å². The summed E-state index contributed by atoms with van der Waals surface area (Å²) in [6, 6.07) is 23.3. The van der Waals surface area contributed by atoms with Gasteiger partial charge in [-0.05, 0) is 58.7 Å². The van der Waals surface area contributed by atoms with Crippen molar-refractivity contribution in [2.45, 2.75) is 24.4 Å². The minimum Gasteiger partial charge on any atom is -0.371 e. The van der Waals surface area contributed by atoms with Gasteiger partial charge in [0.2, 0.25) is 0 Å². The lowest BCUT2D eigenvalue weighted by Crippen LogP contribution is -2.31. The van der Waals surface area contributed by atoms with E-state index in [9.17, 15) is 4.57 Å². The first-order valence-corrected chi connectivity index (χ1v) is 14.2. The second kappa shape index (κ2) is 10.4. The molecule has 38 heavy (non-hydrogen) atoms. The standard InChI is InChI=1S/C30H31N2O5P/c33-38-30-8-7-21(20-3-1-5-23(9-20)31(12-25-16-34-25)13-26-17-35-26)11-29(30)22-4-2-6-24(10-22)32(14-27-18-36-27)15-28-19-37-28/h1-11,25-28H,12-19H2. The fraction of sp³-hybridized carbons (Fsp3) is 0.400. The number of anilines is 2. The van der Waals surface area contributed by atoms with E-state index < -0.39 is 0 Å². The van der Waals surface area contributed by atoms with Crippen molar-refractivity contribution in [1.82, 2.24) is 0 Å². The summed E-state index contributed by atoms with van der Waals surface area (Å²) in [5.74, 6) is 0. The molecule has 4 heterocycles. The number of nitrogens with zero attached hydrogens (tertiary/aromatic N) is 2. The average molecular weight is 531 g/mol. The van der Waals surface area contributed by atoms with Crippen molar-refractivity contribution in [2.75, 3.05) is 62.4 Å². The monoisotopic (exact) mass is 530 g/mol. The van der Waals surface area contributed by atoms with Gasteiger partial charge in [-0.15, -0.1) is 0 Å². The van der Waals surface area contributed by atoms with Crippen LogP contribution in [-0.2, 0) is 23.5 Å². The van der Waals surface area contributed by atoms with Crippen LogP contribution in [0.4, 0.5) is 11.4 Å². The van der Waals surface area contributed by atoms with E-state index in [1.165, 1.54) is 5.69 Å². The van der Waals surface area contributed by atoms with E-state index in [0.717, 1.165) is 85.9 Å². The predicted octanol–water partition coefficient (Wildman–Crippen LogP) is 4.15. The summed E-state index contributed by atoms with van der Waals surface area (Å²) in [5, 5.41) is 0.781. The zero-order valence-electron chi connectivity index (χ0n) is 21.2. The van der Waals surface area contributed by atoms with E-state index in [4.69, 9.17) is 18.9 Å². The molecule has 196 valence electrons. The zero-order valence-corrected chi connectivity index (χ0v) is 22.1. The molecule has 0 amide bonds. The molecule has 8 heteroatoms. The Bertz CT molecular complexity index is 1290. The first kappa shape index (κ1) is 24.3. The third kappa shape index (κ3) is 5.93. The molecule has 0 spiro atoms. The third-order valence-electron chi connectivity index (χ3n) is 7.47. The van der Waals surface area contributed by atoms with Crippen LogP contribution in [0.5, 0.6) is 0 Å². The Morgan fingerprint density at radius 1 is 0.605 bits per heavy atom. The van der Waals surface area contributed by atoms with Crippen LogP contribution >= 0.6 is 8.46 Å². The van der Waals surface area contributed by atoms with Crippen molar-refractivity contribution in [3.63, 3.8) is 0 Å². The highest BCUT2D eigenvalue weighted by atomic mass is 31.1. The van der Waals surface area contributed by atoms with E-state index >= 15 is 0 Å². The van der Waals surface area contributed by atoms with Crippen molar-refractivity contribution in [3.05, 3.63) is 66.7 Å². The van der Waals surface area contributed by atoms with Gasteiger partial charge in [-0.25, -0.2) is 0 Å². The minimum absolute atomic E-state index is 0.00992. The summed E-state index contributed by atoms with van der Waals surface area (Å²) < 4.78 is 34.2. The molecule has 0 radical (unpaired) electrons. The lowest BCUT2D eigenvalue weighted by atomic mass is 9.98. The van der Waals surface area contributed by atoms with Gasteiger partial charge in [0.05, 0.1) is 56.1 Å². The molecule has 4 saturated heterocycles. The first-order valence-electron chi connectivity index (χ1n) is 13.4. The van der Waals surface area contributed by atoms with E-state index in [1.807, 2.05) is 6.07 Å². The summed E-state index contributed by atoms with van der Waals surface area (Å²) >= 11 is 0. The summed E-state index contributed by atoms with van der Waals surface area (Å²) in [4.78, 5) is 4.72. The lowest BCUT2D eigenvalue weighted by Gasteiger charge is -2.24. The van der Waals surface area contributed by atoms with E-state index in [-0.39, 0.29) is 8.46 Å². The molecule has 0 N–H and O–H groups in total. The van der Waals surface area contributed by atoms with Gasteiger partial charge in [-0.2, -0.15) is 0 Å². The molecule has 0 bridgehead atoms. The van der Waals surface area contributed by atoms with Gasteiger partial charge in [-0.1, -0.05) is 30.3 Å². The topological polar surface area (TPSA) is 73.7 Å². The van der Waals surface area contributed by atoms with E-state index in [2.05, 4.69) is 70.5 Å². The van der Waals surface area contributed by atoms with Crippen molar-refractivity contribution < 1.29 is 23.5 Å². The average Bonchev–Trinajstić information content (AvgIpc) is 3.77. The Morgan fingerprint density at radius 2 is 1.05 bits per heavy atom. The first-order chi connectivity index (χ1) is 18.7. The maximum atomic E-state index is 12.2. The minimum atomic E-state index is 0.00992. The molecular formula is C30H31N2O5P. The number of epoxide rings is 4. The van der Waals surface area contributed by atoms with E-state index in [1.54, 1.807) is 0 Å². The quantitative estimate of drug-likeness (QED) is 0.243. The van der Waals surface area contributed by atoms with Crippen LogP contribution in [0.1, 0.15) is 0 Å². The zero-order chi connectivity index (χ0) is 25.5.